The lowest BCUT2D eigenvalue weighted by Crippen LogP contribution is -2.64. The van der Waals surface area contributed by atoms with Crippen LogP contribution in [0.25, 0.3) is 0 Å². The van der Waals surface area contributed by atoms with E-state index in [1.165, 1.54) is 5.56 Å². The minimum Gasteiger partial charge on any atom is -0.497 e. The molecule has 0 saturated carbocycles. The Balaban J connectivity index is 1.43. The molecule has 5 heteroatoms. The standard InChI is InChI=1S/C21H25N3O2/c1-15-10-18(26-2)5-6-19(15)21(25)23-9-7-17-13-24(20(17)14-23)12-16-4-3-8-22-11-16/h3-6,8,10-11,17,20H,7,9,12-14H2,1-2H3/t17-,20-/m1/s1. The summed E-state index contributed by atoms with van der Waals surface area (Å²) in [4.78, 5) is 21.7. The van der Waals surface area contributed by atoms with Gasteiger partial charge in [-0.15, -0.1) is 0 Å². The average Bonchev–Trinajstić information content (AvgIpc) is 2.66. The summed E-state index contributed by atoms with van der Waals surface area (Å²) in [5.41, 5.74) is 2.99. The second-order valence-corrected chi connectivity index (χ2v) is 7.34. The third kappa shape index (κ3) is 3.19. The van der Waals surface area contributed by atoms with Crippen molar-refractivity contribution in [3.63, 3.8) is 0 Å². The van der Waals surface area contributed by atoms with Gasteiger partial charge in [-0.05, 0) is 54.7 Å². The molecule has 0 radical (unpaired) electrons. The quantitative estimate of drug-likeness (QED) is 0.850. The van der Waals surface area contributed by atoms with Crippen LogP contribution < -0.4 is 4.74 Å². The Bertz CT molecular complexity index is 793. The van der Waals surface area contributed by atoms with Gasteiger partial charge in [0.25, 0.3) is 5.91 Å². The highest BCUT2D eigenvalue weighted by Gasteiger charge is 2.43. The molecule has 2 atom stereocenters. The zero-order valence-electron chi connectivity index (χ0n) is 15.4. The van der Waals surface area contributed by atoms with Gasteiger partial charge >= 0.3 is 0 Å². The van der Waals surface area contributed by atoms with Crippen LogP contribution in [0.3, 0.4) is 0 Å². The predicted molar refractivity (Wildman–Crippen MR) is 100 cm³/mol. The number of carbonyl (C=O) groups is 1. The SMILES string of the molecule is COc1ccc(C(=O)N2CC[C@@H]3CN(Cc4cccnc4)[C@@H]3C2)c(C)c1. The molecule has 2 saturated heterocycles. The molecule has 1 aromatic heterocycles. The van der Waals surface area contributed by atoms with Gasteiger partial charge in [0.2, 0.25) is 0 Å². The van der Waals surface area contributed by atoms with Crippen LogP contribution in [0.15, 0.2) is 42.7 Å². The second kappa shape index (κ2) is 7.08. The van der Waals surface area contributed by atoms with Gasteiger partial charge in [-0.25, -0.2) is 0 Å². The van der Waals surface area contributed by atoms with E-state index in [-0.39, 0.29) is 5.91 Å². The topological polar surface area (TPSA) is 45.7 Å². The van der Waals surface area contributed by atoms with Gasteiger partial charge in [-0.3, -0.25) is 14.7 Å². The lowest BCUT2D eigenvalue weighted by Gasteiger charge is -2.53. The van der Waals surface area contributed by atoms with Gasteiger partial charge in [0, 0.05) is 50.2 Å². The number of rotatable bonds is 4. The first-order valence-corrected chi connectivity index (χ1v) is 9.22. The molecule has 26 heavy (non-hydrogen) atoms. The molecule has 4 rings (SSSR count). The number of nitrogens with zero attached hydrogens (tertiary/aromatic N) is 3. The number of piperidine rings is 1. The minimum atomic E-state index is 0.136. The predicted octanol–water partition coefficient (Wildman–Crippen LogP) is 2.75. The normalized spacial score (nSPS) is 22.5. The van der Waals surface area contributed by atoms with Crippen LogP contribution >= 0.6 is 0 Å². The summed E-state index contributed by atoms with van der Waals surface area (Å²) in [6.45, 7) is 5.68. The highest BCUT2D eigenvalue weighted by Crippen LogP contribution is 2.34. The fraction of sp³-hybridized carbons (Fsp3) is 0.429. The number of methoxy groups -OCH3 is 1. The maximum atomic E-state index is 13.0. The number of aryl methyl sites for hydroxylation is 1. The average molecular weight is 351 g/mol. The molecular weight excluding hydrogens is 326 g/mol. The Kier molecular flexibility index (Phi) is 4.64. The van der Waals surface area contributed by atoms with Gasteiger partial charge in [0.1, 0.15) is 5.75 Å². The number of likely N-dealkylation sites (tertiary alicyclic amines) is 2. The van der Waals surface area contributed by atoms with E-state index in [0.29, 0.717) is 12.0 Å². The van der Waals surface area contributed by atoms with Crippen LogP contribution in [0, 0.1) is 12.8 Å². The molecule has 136 valence electrons. The van der Waals surface area contributed by atoms with Crippen LogP contribution in [-0.2, 0) is 6.54 Å². The van der Waals surface area contributed by atoms with Crippen molar-refractivity contribution in [3.8, 4) is 5.75 Å². The zero-order valence-corrected chi connectivity index (χ0v) is 15.4. The highest BCUT2D eigenvalue weighted by molar-refractivity contribution is 5.96. The number of ether oxygens (including phenoxy) is 1. The molecule has 1 amide bonds. The van der Waals surface area contributed by atoms with Gasteiger partial charge < -0.3 is 9.64 Å². The van der Waals surface area contributed by atoms with E-state index in [9.17, 15) is 4.79 Å². The molecule has 0 aliphatic carbocycles. The summed E-state index contributed by atoms with van der Waals surface area (Å²) in [7, 11) is 1.65. The maximum absolute atomic E-state index is 13.0. The van der Waals surface area contributed by atoms with Crippen LogP contribution in [-0.4, -0.2) is 53.5 Å². The van der Waals surface area contributed by atoms with Gasteiger partial charge in [-0.2, -0.15) is 0 Å². The van der Waals surface area contributed by atoms with Crippen molar-refractivity contribution in [1.29, 1.82) is 0 Å². The summed E-state index contributed by atoms with van der Waals surface area (Å²) in [5, 5.41) is 0. The minimum absolute atomic E-state index is 0.136. The van der Waals surface area contributed by atoms with E-state index in [1.54, 1.807) is 13.3 Å². The first-order valence-electron chi connectivity index (χ1n) is 9.22. The fourth-order valence-corrected chi connectivity index (χ4v) is 4.17. The van der Waals surface area contributed by atoms with Crippen molar-refractivity contribution in [2.45, 2.75) is 25.9 Å². The lowest BCUT2D eigenvalue weighted by molar-refractivity contribution is -0.0428. The van der Waals surface area contributed by atoms with Gasteiger partial charge in [0.05, 0.1) is 7.11 Å². The summed E-state index contributed by atoms with van der Waals surface area (Å²) < 4.78 is 5.25. The van der Waals surface area contributed by atoms with Crippen molar-refractivity contribution in [3.05, 3.63) is 59.4 Å². The van der Waals surface area contributed by atoms with E-state index in [0.717, 1.165) is 49.5 Å². The summed E-state index contributed by atoms with van der Waals surface area (Å²) in [6, 6.07) is 10.2. The number of pyridine rings is 1. The Morgan fingerprint density at radius 3 is 2.92 bits per heavy atom. The van der Waals surface area contributed by atoms with E-state index >= 15 is 0 Å². The Morgan fingerprint density at radius 2 is 2.19 bits per heavy atom. The summed E-state index contributed by atoms with van der Waals surface area (Å²) >= 11 is 0. The van der Waals surface area contributed by atoms with Crippen molar-refractivity contribution >= 4 is 5.91 Å². The van der Waals surface area contributed by atoms with Crippen molar-refractivity contribution in [1.82, 2.24) is 14.8 Å². The number of carbonyl (C=O) groups excluding carboxylic acids is 1. The molecule has 2 aliphatic heterocycles. The second-order valence-electron chi connectivity index (χ2n) is 7.34. The Labute approximate surface area is 154 Å². The van der Waals surface area contributed by atoms with E-state index in [1.807, 2.05) is 42.3 Å². The van der Waals surface area contributed by atoms with E-state index in [4.69, 9.17) is 4.74 Å². The van der Waals surface area contributed by atoms with Crippen molar-refractivity contribution in [2.24, 2.45) is 5.92 Å². The zero-order chi connectivity index (χ0) is 18.1. The third-order valence-electron chi connectivity index (χ3n) is 5.72. The van der Waals surface area contributed by atoms with Crippen LogP contribution in [0.5, 0.6) is 5.75 Å². The van der Waals surface area contributed by atoms with Crippen LogP contribution in [0.1, 0.15) is 27.9 Å². The molecule has 2 fully saturated rings. The smallest absolute Gasteiger partial charge is 0.254 e. The summed E-state index contributed by atoms with van der Waals surface area (Å²) in [5.74, 6) is 1.64. The maximum Gasteiger partial charge on any atom is 0.254 e. The molecule has 0 unspecified atom stereocenters. The van der Waals surface area contributed by atoms with E-state index < -0.39 is 0 Å². The fourth-order valence-electron chi connectivity index (χ4n) is 4.17. The van der Waals surface area contributed by atoms with Crippen molar-refractivity contribution in [2.75, 3.05) is 26.7 Å². The van der Waals surface area contributed by atoms with Crippen molar-refractivity contribution < 1.29 is 9.53 Å². The Morgan fingerprint density at radius 1 is 1.31 bits per heavy atom. The van der Waals surface area contributed by atoms with Crippen LogP contribution in [0.2, 0.25) is 0 Å². The number of amides is 1. The number of hydrogen-bond donors (Lipinski definition) is 0. The molecular formula is C21H25N3O2. The number of fused-ring (bicyclic) bond motifs is 1. The molecule has 3 heterocycles. The molecule has 0 bridgehead atoms. The molecule has 2 aromatic rings. The highest BCUT2D eigenvalue weighted by atomic mass is 16.5. The summed E-state index contributed by atoms with van der Waals surface area (Å²) in [6.07, 6.45) is 4.83. The van der Waals surface area contributed by atoms with Gasteiger partial charge in [-0.1, -0.05) is 6.07 Å². The monoisotopic (exact) mass is 351 g/mol. The molecule has 0 N–H and O–H groups in total. The molecule has 1 aromatic carbocycles. The van der Waals surface area contributed by atoms with E-state index in [2.05, 4.69) is 16.0 Å². The first-order chi connectivity index (χ1) is 12.7. The lowest BCUT2D eigenvalue weighted by atomic mass is 9.81. The molecule has 5 nitrogen and oxygen atoms in total. The number of benzene rings is 1. The van der Waals surface area contributed by atoms with Gasteiger partial charge in [0.15, 0.2) is 0 Å². The third-order valence-corrected chi connectivity index (χ3v) is 5.72. The molecule has 0 spiro atoms. The molecule has 2 aliphatic rings. The Hall–Kier alpha value is -2.40. The number of hydrogen-bond acceptors (Lipinski definition) is 4. The largest absolute Gasteiger partial charge is 0.497 e. The number of aromatic nitrogens is 1. The first kappa shape index (κ1) is 17.0. The van der Waals surface area contributed by atoms with Crippen LogP contribution in [0.4, 0.5) is 0 Å².